The van der Waals surface area contributed by atoms with Crippen LogP contribution in [0.15, 0.2) is 41.8 Å². The molecule has 0 saturated carbocycles. The molecule has 78 valence electrons. The molecular weight excluding hydrogens is 275 g/mol. The van der Waals surface area contributed by atoms with Crippen molar-refractivity contribution in [2.45, 2.75) is 11.2 Å². The number of hydrogen-bond donors (Lipinski definition) is 0. The molecule has 1 unspecified atom stereocenters. The van der Waals surface area contributed by atoms with E-state index in [1.807, 2.05) is 12.1 Å². The van der Waals surface area contributed by atoms with Crippen LogP contribution in [0.25, 0.3) is 0 Å². The number of hydrogen-bond acceptors (Lipinski definition) is 1. The van der Waals surface area contributed by atoms with E-state index in [0.29, 0.717) is 0 Å². The predicted octanol–water partition coefficient (Wildman–Crippen LogP) is 4.57. The molecule has 0 fully saturated rings. The van der Waals surface area contributed by atoms with Gasteiger partial charge in [-0.15, -0.1) is 11.3 Å². The lowest BCUT2D eigenvalue weighted by Gasteiger charge is -2.07. The number of thiophene rings is 1. The van der Waals surface area contributed by atoms with Gasteiger partial charge in [0, 0.05) is 4.88 Å². The third kappa shape index (κ3) is 2.89. The first-order chi connectivity index (χ1) is 7.25. The van der Waals surface area contributed by atoms with Gasteiger partial charge in [0.2, 0.25) is 0 Å². The summed E-state index contributed by atoms with van der Waals surface area (Å²) in [4.78, 5) is 1.55. The largest absolute Gasteiger partial charge is 0.207 e. The fraction of sp³-hybridized carbons (Fsp3) is 0.167. The van der Waals surface area contributed by atoms with Gasteiger partial charge in [-0.25, -0.2) is 4.39 Å². The lowest BCUT2D eigenvalue weighted by molar-refractivity contribution is 0.625. The minimum absolute atomic E-state index is 0.168. The first kappa shape index (κ1) is 10.8. The van der Waals surface area contributed by atoms with Crippen molar-refractivity contribution in [1.82, 2.24) is 0 Å². The van der Waals surface area contributed by atoms with E-state index in [2.05, 4.69) is 27.4 Å². The lowest BCUT2D eigenvalue weighted by Crippen LogP contribution is -1.93. The first-order valence-corrected chi connectivity index (χ1v) is 6.47. The van der Waals surface area contributed by atoms with E-state index in [9.17, 15) is 4.39 Å². The molecular formula is C12H10BrFS. The number of halogens is 2. The van der Waals surface area contributed by atoms with Crippen LogP contribution in [0.4, 0.5) is 4.39 Å². The van der Waals surface area contributed by atoms with Crippen LogP contribution in [-0.2, 0) is 6.42 Å². The van der Waals surface area contributed by atoms with E-state index in [-0.39, 0.29) is 10.6 Å². The maximum Gasteiger partial charge on any atom is 0.123 e. The Kier molecular flexibility index (Phi) is 3.54. The molecule has 0 aliphatic rings. The Balaban J connectivity index is 2.09. The molecule has 2 aromatic rings. The SMILES string of the molecule is Fc1cccc(CC(Br)c2cccs2)c1. The average molecular weight is 285 g/mol. The van der Waals surface area contributed by atoms with Crippen molar-refractivity contribution in [3.63, 3.8) is 0 Å². The number of alkyl halides is 1. The van der Waals surface area contributed by atoms with Crippen molar-refractivity contribution >= 4 is 27.3 Å². The van der Waals surface area contributed by atoms with Crippen LogP contribution in [0, 0.1) is 5.82 Å². The second-order valence-corrected chi connectivity index (χ2v) is 5.40. The molecule has 0 nitrogen and oxygen atoms in total. The highest BCUT2D eigenvalue weighted by atomic mass is 79.9. The standard InChI is InChI=1S/C12H10BrFS/c13-11(12-5-2-6-15-12)8-9-3-1-4-10(14)7-9/h1-7,11H,8H2. The van der Waals surface area contributed by atoms with E-state index in [1.165, 1.54) is 10.9 Å². The fourth-order valence-electron chi connectivity index (χ4n) is 1.44. The second-order valence-electron chi connectivity index (χ2n) is 3.32. The Morgan fingerprint density at radius 1 is 1.27 bits per heavy atom. The zero-order chi connectivity index (χ0) is 10.7. The van der Waals surface area contributed by atoms with Crippen LogP contribution in [-0.4, -0.2) is 0 Å². The third-order valence-electron chi connectivity index (χ3n) is 2.16. The molecule has 0 saturated heterocycles. The van der Waals surface area contributed by atoms with Crippen molar-refractivity contribution in [2.24, 2.45) is 0 Å². The maximum atomic E-state index is 12.9. The highest BCUT2D eigenvalue weighted by Crippen LogP contribution is 2.30. The van der Waals surface area contributed by atoms with E-state index < -0.39 is 0 Å². The van der Waals surface area contributed by atoms with Gasteiger partial charge in [0.15, 0.2) is 0 Å². The normalized spacial score (nSPS) is 12.7. The lowest BCUT2D eigenvalue weighted by atomic mass is 10.1. The van der Waals surface area contributed by atoms with Crippen molar-refractivity contribution in [1.29, 1.82) is 0 Å². The van der Waals surface area contributed by atoms with Gasteiger partial charge < -0.3 is 0 Å². The molecule has 0 aliphatic heterocycles. The number of benzene rings is 1. The van der Waals surface area contributed by atoms with Gasteiger partial charge in [0.05, 0.1) is 4.83 Å². The molecule has 1 aromatic carbocycles. The molecule has 0 spiro atoms. The second kappa shape index (κ2) is 4.90. The smallest absolute Gasteiger partial charge is 0.123 e. The van der Waals surface area contributed by atoms with Gasteiger partial charge in [-0.3, -0.25) is 0 Å². The highest BCUT2D eigenvalue weighted by Gasteiger charge is 2.09. The van der Waals surface area contributed by atoms with Crippen LogP contribution < -0.4 is 0 Å². The van der Waals surface area contributed by atoms with E-state index in [1.54, 1.807) is 23.5 Å². The summed E-state index contributed by atoms with van der Waals surface area (Å²) in [6.07, 6.45) is 0.818. The summed E-state index contributed by atoms with van der Waals surface area (Å²) < 4.78 is 12.9. The molecule has 15 heavy (non-hydrogen) atoms. The van der Waals surface area contributed by atoms with Gasteiger partial charge in [0.25, 0.3) is 0 Å². The quantitative estimate of drug-likeness (QED) is 0.725. The van der Waals surface area contributed by atoms with Crippen molar-refractivity contribution in [2.75, 3.05) is 0 Å². The van der Waals surface area contributed by atoms with Gasteiger partial charge in [-0.2, -0.15) is 0 Å². The van der Waals surface area contributed by atoms with Crippen LogP contribution in [0.5, 0.6) is 0 Å². The first-order valence-electron chi connectivity index (χ1n) is 4.67. The number of rotatable bonds is 3. The van der Waals surface area contributed by atoms with Crippen molar-refractivity contribution in [3.05, 3.63) is 58.0 Å². The average Bonchev–Trinajstić information content (AvgIpc) is 2.70. The van der Waals surface area contributed by atoms with Crippen LogP contribution >= 0.6 is 27.3 Å². The summed E-state index contributed by atoms with van der Waals surface area (Å²) >= 11 is 5.33. The molecule has 0 amide bonds. The summed E-state index contributed by atoms with van der Waals surface area (Å²) in [5, 5.41) is 2.05. The summed E-state index contributed by atoms with van der Waals surface area (Å²) in [7, 11) is 0. The Morgan fingerprint density at radius 3 is 2.80 bits per heavy atom. The fourth-order valence-corrected chi connectivity index (χ4v) is 2.99. The molecule has 0 bridgehead atoms. The molecule has 0 N–H and O–H groups in total. The van der Waals surface area contributed by atoms with E-state index >= 15 is 0 Å². The molecule has 1 aromatic heterocycles. The Labute approximate surface area is 101 Å². The topological polar surface area (TPSA) is 0 Å². The predicted molar refractivity (Wildman–Crippen MR) is 66.1 cm³/mol. The van der Waals surface area contributed by atoms with Crippen LogP contribution in [0.3, 0.4) is 0 Å². The van der Waals surface area contributed by atoms with Gasteiger partial charge >= 0.3 is 0 Å². The highest BCUT2D eigenvalue weighted by molar-refractivity contribution is 9.09. The van der Waals surface area contributed by atoms with Gasteiger partial charge in [-0.1, -0.05) is 34.1 Å². The monoisotopic (exact) mass is 284 g/mol. The zero-order valence-corrected chi connectivity index (χ0v) is 10.4. The molecule has 0 radical (unpaired) electrons. The molecule has 1 heterocycles. The van der Waals surface area contributed by atoms with Crippen LogP contribution in [0.2, 0.25) is 0 Å². The van der Waals surface area contributed by atoms with E-state index in [4.69, 9.17) is 0 Å². The maximum absolute atomic E-state index is 12.9. The summed E-state index contributed by atoms with van der Waals surface area (Å²) in [6, 6.07) is 10.9. The zero-order valence-electron chi connectivity index (χ0n) is 7.99. The Morgan fingerprint density at radius 2 is 2.13 bits per heavy atom. The summed E-state index contributed by atoms with van der Waals surface area (Å²) in [6.45, 7) is 0. The van der Waals surface area contributed by atoms with Crippen LogP contribution in [0.1, 0.15) is 15.3 Å². The summed E-state index contributed by atoms with van der Waals surface area (Å²) in [5.41, 5.74) is 1.02. The van der Waals surface area contributed by atoms with Crippen molar-refractivity contribution in [3.8, 4) is 0 Å². The molecule has 3 heteroatoms. The van der Waals surface area contributed by atoms with Gasteiger partial charge in [-0.05, 0) is 35.6 Å². The Bertz CT molecular complexity index is 425. The minimum Gasteiger partial charge on any atom is -0.207 e. The summed E-state index contributed by atoms with van der Waals surface area (Å²) in [5.74, 6) is -0.168. The minimum atomic E-state index is -0.168. The van der Waals surface area contributed by atoms with E-state index in [0.717, 1.165) is 12.0 Å². The molecule has 1 atom stereocenters. The Hall–Kier alpha value is -0.670. The molecule has 0 aliphatic carbocycles. The third-order valence-corrected chi connectivity index (χ3v) is 4.26. The van der Waals surface area contributed by atoms with Crippen molar-refractivity contribution < 1.29 is 4.39 Å². The van der Waals surface area contributed by atoms with Gasteiger partial charge in [0.1, 0.15) is 5.82 Å². The molecule has 2 rings (SSSR count).